The number of pyridine rings is 1. The number of aryl methyl sites for hydroxylation is 1. The molecule has 104 valence electrons. The van der Waals surface area contributed by atoms with Crippen LogP contribution in [0.3, 0.4) is 0 Å². The monoisotopic (exact) mass is 294 g/mol. The summed E-state index contributed by atoms with van der Waals surface area (Å²) in [5.74, 6) is -1.31. The van der Waals surface area contributed by atoms with E-state index in [0.717, 1.165) is 22.0 Å². The molecule has 0 fully saturated rings. The molecule has 0 unspecified atom stereocenters. The van der Waals surface area contributed by atoms with Crippen molar-refractivity contribution in [3.05, 3.63) is 44.0 Å². The van der Waals surface area contributed by atoms with Gasteiger partial charge in [-0.15, -0.1) is 11.3 Å². The minimum Gasteiger partial charge on any atom is -0.477 e. The highest BCUT2D eigenvalue weighted by molar-refractivity contribution is 7.11. The van der Waals surface area contributed by atoms with Crippen molar-refractivity contribution in [3.63, 3.8) is 0 Å². The summed E-state index contributed by atoms with van der Waals surface area (Å²) in [5.41, 5.74) is -0.519. The summed E-state index contributed by atoms with van der Waals surface area (Å²) >= 11 is 1.44. The first-order valence-electron chi connectivity index (χ1n) is 5.51. The van der Waals surface area contributed by atoms with Crippen LogP contribution < -0.4 is 5.32 Å². The van der Waals surface area contributed by atoms with E-state index in [0.29, 0.717) is 6.54 Å². The molecule has 0 atom stereocenters. The molecule has 0 aliphatic carbocycles. The van der Waals surface area contributed by atoms with E-state index in [-0.39, 0.29) is 17.2 Å². The Morgan fingerprint density at radius 3 is 2.85 bits per heavy atom. The molecule has 20 heavy (non-hydrogen) atoms. The smallest absolute Gasteiger partial charge is 0.354 e. The second-order valence-electron chi connectivity index (χ2n) is 3.83. The maximum atomic E-state index is 10.9. The highest BCUT2D eigenvalue weighted by Gasteiger charge is 2.18. The molecular weight excluding hydrogens is 284 g/mol. The van der Waals surface area contributed by atoms with Gasteiger partial charge in [0.15, 0.2) is 5.69 Å². The first-order chi connectivity index (χ1) is 9.47. The Morgan fingerprint density at radius 2 is 2.30 bits per heavy atom. The molecule has 0 spiro atoms. The number of carboxylic acids is 1. The number of rotatable bonds is 5. The molecule has 2 heterocycles. The van der Waals surface area contributed by atoms with Crippen LogP contribution in [-0.2, 0) is 6.54 Å². The molecule has 0 aliphatic rings. The van der Waals surface area contributed by atoms with Gasteiger partial charge < -0.3 is 10.4 Å². The zero-order chi connectivity index (χ0) is 14.7. The number of carboxylic acid groups (broad SMARTS) is 1. The van der Waals surface area contributed by atoms with Crippen LogP contribution in [0.5, 0.6) is 0 Å². The lowest BCUT2D eigenvalue weighted by Crippen LogP contribution is -2.08. The Bertz CT molecular complexity index is 670. The molecule has 2 aromatic rings. The standard InChI is InChI=1S/C11H10N4O4S/c1-6-12-4-7(20-6)5-13-10-9(15(18)19)3-2-8(14-10)11(16)17/h2-4H,5H2,1H3,(H,13,14)(H,16,17). The molecule has 2 N–H and O–H groups in total. The van der Waals surface area contributed by atoms with Crippen LogP contribution in [0.25, 0.3) is 0 Å². The quantitative estimate of drug-likeness (QED) is 0.640. The van der Waals surface area contributed by atoms with Crippen molar-refractivity contribution in [3.8, 4) is 0 Å². The Hall–Kier alpha value is -2.55. The van der Waals surface area contributed by atoms with E-state index in [1.807, 2.05) is 6.92 Å². The number of anilines is 1. The lowest BCUT2D eigenvalue weighted by molar-refractivity contribution is -0.384. The molecule has 2 aromatic heterocycles. The van der Waals surface area contributed by atoms with Crippen molar-refractivity contribution in [1.82, 2.24) is 9.97 Å². The third kappa shape index (κ3) is 3.06. The van der Waals surface area contributed by atoms with Crippen LogP contribution in [0.1, 0.15) is 20.4 Å². The number of thiazole rings is 1. The van der Waals surface area contributed by atoms with Crippen LogP contribution >= 0.6 is 11.3 Å². The van der Waals surface area contributed by atoms with Crippen molar-refractivity contribution >= 4 is 28.8 Å². The fourth-order valence-electron chi connectivity index (χ4n) is 1.51. The molecular formula is C11H10N4O4S. The van der Waals surface area contributed by atoms with Gasteiger partial charge in [0.05, 0.1) is 16.5 Å². The van der Waals surface area contributed by atoms with Crippen molar-refractivity contribution < 1.29 is 14.8 Å². The predicted molar refractivity (Wildman–Crippen MR) is 72.0 cm³/mol. The van der Waals surface area contributed by atoms with Crippen LogP contribution in [0.2, 0.25) is 0 Å². The average molecular weight is 294 g/mol. The highest BCUT2D eigenvalue weighted by Crippen LogP contribution is 2.23. The van der Waals surface area contributed by atoms with Gasteiger partial charge in [-0.3, -0.25) is 10.1 Å². The van der Waals surface area contributed by atoms with E-state index in [1.54, 1.807) is 6.20 Å². The van der Waals surface area contributed by atoms with Crippen molar-refractivity contribution in [2.75, 3.05) is 5.32 Å². The summed E-state index contributed by atoms with van der Waals surface area (Å²) in [4.78, 5) is 29.8. The molecule has 0 aromatic carbocycles. The van der Waals surface area contributed by atoms with Crippen molar-refractivity contribution in [2.45, 2.75) is 13.5 Å². The number of nitrogens with one attached hydrogen (secondary N) is 1. The van der Waals surface area contributed by atoms with Crippen molar-refractivity contribution in [2.24, 2.45) is 0 Å². The first kappa shape index (κ1) is 13.9. The van der Waals surface area contributed by atoms with Crippen LogP contribution in [0.4, 0.5) is 11.5 Å². The van der Waals surface area contributed by atoms with E-state index in [2.05, 4.69) is 15.3 Å². The van der Waals surface area contributed by atoms with E-state index >= 15 is 0 Å². The molecule has 9 heteroatoms. The fraction of sp³-hybridized carbons (Fsp3) is 0.182. The molecule has 2 rings (SSSR count). The van der Waals surface area contributed by atoms with Gasteiger partial charge in [0.2, 0.25) is 5.82 Å². The summed E-state index contributed by atoms with van der Waals surface area (Å²) in [6.07, 6.45) is 1.65. The third-order valence-corrected chi connectivity index (χ3v) is 3.30. The fourth-order valence-corrected chi connectivity index (χ4v) is 2.24. The summed E-state index contributed by atoms with van der Waals surface area (Å²) in [6.45, 7) is 2.14. The average Bonchev–Trinajstić information content (AvgIpc) is 2.81. The van der Waals surface area contributed by atoms with Gasteiger partial charge in [-0.1, -0.05) is 0 Å². The summed E-state index contributed by atoms with van der Waals surface area (Å²) in [6, 6.07) is 2.22. The summed E-state index contributed by atoms with van der Waals surface area (Å²) in [5, 5.41) is 23.4. The summed E-state index contributed by atoms with van der Waals surface area (Å²) in [7, 11) is 0. The zero-order valence-electron chi connectivity index (χ0n) is 10.4. The molecule has 0 saturated heterocycles. The van der Waals surface area contributed by atoms with Gasteiger partial charge in [0, 0.05) is 17.1 Å². The SMILES string of the molecule is Cc1ncc(CNc2nc(C(=O)O)ccc2[N+](=O)[O-])s1. The first-order valence-corrected chi connectivity index (χ1v) is 6.33. The second-order valence-corrected chi connectivity index (χ2v) is 5.14. The second kappa shape index (κ2) is 5.61. The largest absolute Gasteiger partial charge is 0.477 e. The molecule has 0 saturated carbocycles. The van der Waals surface area contributed by atoms with E-state index in [1.165, 1.54) is 11.3 Å². The number of aromatic nitrogens is 2. The summed E-state index contributed by atoms with van der Waals surface area (Å²) < 4.78 is 0. The third-order valence-electron chi connectivity index (χ3n) is 2.39. The zero-order valence-corrected chi connectivity index (χ0v) is 11.2. The molecule has 0 bridgehead atoms. The Balaban J connectivity index is 2.25. The van der Waals surface area contributed by atoms with Gasteiger partial charge in [0.25, 0.3) is 0 Å². The van der Waals surface area contributed by atoms with Gasteiger partial charge in [-0.2, -0.15) is 0 Å². The Kier molecular flexibility index (Phi) is 3.89. The van der Waals surface area contributed by atoms with E-state index in [9.17, 15) is 14.9 Å². The Morgan fingerprint density at radius 1 is 1.55 bits per heavy atom. The number of hydrogen-bond donors (Lipinski definition) is 2. The maximum Gasteiger partial charge on any atom is 0.354 e. The van der Waals surface area contributed by atoms with E-state index in [4.69, 9.17) is 5.11 Å². The lowest BCUT2D eigenvalue weighted by atomic mass is 10.3. The number of hydrogen-bond acceptors (Lipinski definition) is 7. The van der Waals surface area contributed by atoms with Crippen LogP contribution in [0.15, 0.2) is 18.3 Å². The maximum absolute atomic E-state index is 10.9. The number of carbonyl (C=O) groups is 1. The minimum atomic E-state index is -1.24. The molecule has 0 radical (unpaired) electrons. The molecule has 0 amide bonds. The number of nitrogens with zero attached hydrogens (tertiary/aromatic N) is 3. The number of aromatic carboxylic acids is 1. The number of nitro groups is 1. The molecule has 0 aliphatic heterocycles. The van der Waals surface area contributed by atoms with Gasteiger partial charge in [-0.05, 0) is 13.0 Å². The molecule has 8 nitrogen and oxygen atoms in total. The van der Waals surface area contributed by atoms with E-state index < -0.39 is 10.9 Å². The Labute approximate surface area is 117 Å². The van der Waals surface area contributed by atoms with Gasteiger partial charge >= 0.3 is 11.7 Å². The van der Waals surface area contributed by atoms with Gasteiger partial charge in [0.1, 0.15) is 0 Å². The lowest BCUT2D eigenvalue weighted by Gasteiger charge is -2.05. The van der Waals surface area contributed by atoms with Crippen LogP contribution in [0, 0.1) is 17.0 Å². The van der Waals surface area contributed by atoms with Crippen LogP contribution in [-0.4, -0.2) is 26.0 Å². The topological polar surface area (TPSA) is 118 Å². The normalized spacial score (nSPS) is 10.2. The van der Waals surface area contributed by atoms with Crippen molar-refractivity contribution in [1.29, 1.82) is 0 Å². The minimum absolute atomic E-state index is 0.0686. The van der Waals surface area contributed by atoms with Gasteiger partial charge in [-0.25, -0.2) is 14.8 Å². The highest BCUT2D eigenvalue weighted by atomic mass is 32.1. The predicted octanol–water partition coefficient (Wildman–Crippen LogP) is 2.07.